The van der Waals surface area contributed by atoms with Crippen molar-refractivity contribution in [3.63, 3.8) is 0 Å². The van der Waals surface area contributed by atoms with E-state index in [0.717, 1.165) is 10.1 Å². The molecule has 0 saturated carbocycles. The van der Waals surface area contributed by atoms with Crippen molar-refractivity contribution in [2.75, 3.05) is 6.54 Å². The number of halogens is 1. The van der Waals surface area contributed by atoms with Gasteiger partial charge < -0.3 is 11.1 Å². The number of hydrogen-bond acceptors (Lipinski definition) is 3. The first-order chi connectivity index (χ1) is 7.13. The molecule has 1 atom stereocenters. The van der Waals surface area contributed by atoms with Gasteiger partial charge in [0.25, 0.3) is 0 Å². The third kappa shape index (κ3) is 4.17. The predicted molar refractivity (Wildman–Crippen MR) is 66.2 cm³/mol. The fourth-order valence-corrected chi connectivity index (χ4v) is 1.76. The first-order valence-corrected chi connectivity index (χ1v) is 5.92. The summed E-state index contributed by atoms with van der Waals surface area (Å²) in [5.41, 5.74) is 5.26. The largest absolute Gasteiger partial charge is 0.368 e. The van der Waals surface area contributed by atoms with Gasteiger partial charge >= 0.3 is 0 Å². The molecule has 0 aliphatic heterocycles. The van der Waals surface area contributed by atoms with Crippen LogP contribution in [-0.4, -0.2) is 28.3 Å². The summed E-state index contributed by atoms with van der Waals surface area (Å²) in [5, 5.41) is 7.18. The van der Waals surface area contributed by atoms with E-state index in [0.29, 0.717) is 13.0 Å². The number of likely N-dealkylation sites (N-methyl/N-ethyl adjacent to an activating group) is 1. The molecule has 1 heterocycles. The second-order valence-electron chi connectivity index (χ2n) is 3.22. The summed E-state index contributed by atoms with van der Waals surface area (Å²) in [7, 11) is 0. The first-order valence-electron chi connectivity index (χ1n) is 4.84. The lowest BCUT2D eigenvalue weighted by Gasteiger charge is -2.13. The summed E-state index contributed by atoms with van der Waals surface area (Å²) in [6.07, 6.45) is 4.39. The maximum Gasteiger partial charge on any atom is 0.234 e. The molecule has 1 aromatic heterocycles. The fraction of sp³-hybridized carbons (Fsp3) is 0.556. The molecule has 0 radical (unpaired) electrons. The topological polar surface area (TPSA) is 72.9 Å². The smallest absolute Gasteiger partial charge is 0.234 e. The van der Waals surface area contributed by atoms with Crippen LogP contribution in [0.15, 0.2) is 12.4 Å². The summed E-state index contributed by atoms with van der Waals surface area (Å²) < 4.78 is 2.90. The van der Waals surface area contributed by atoms with Gasteiger partial charge in [-0.15, -0.1) is 0 Å². The lowest BCUT2D eigenvalue weighted by atomic mass is 10.2. The van der Waals surface area contributed by atoms with Crippen LogP contribution in [0.4, 0.5) is 0 Å². The van der Waals surface area contributed by atoms with Crippen LogP contribution in [0.5, 0.6) is 0 Å². The van der Waals surface area contributed by atoms with Crippen LogP contribution in [0.3, 0.4) is 0 Å². The van der Waals surface area contributed by atoms with Crippen LogP contribution in [0.25, 0.3) is 0 Å². The van der Waals surface area contributed by atoms with Crippen LogP contribution in [0.1, 0.15) is 13.3 Å². The normalized spacial score (nSPS) is 12.7. The number of aromatic nitrogens is 2. The second kappa shape index (κ2) is 6.06. The summed E-state index contributed by atoms with van der Waals surface area (Å²) in [5.74, 6) is -0.307. The van der Waals surface area contributed by atoms with E-state index < -0.39 is 0 Å². The van der Waals surface area contributed by atoms with Crippen LogP contribution < -0.4 is 11.1 Å². The predicted octanol–water partition coefficient (Wildman–Crippen LogP) is 0.341. The third-order valence-electron chi connectivity index (χ3n) is 2.04. The highest BCUT2D eigenvalue weighted by atomic mass is 127. The average Bonchev–Trinajstić information content (AvgIpc) is 2.58. The van der Waals surface area contributed by atoms with Gasteiger partial charge in [0.1, 0.15) is 0 Å². The average molecular weight is 322 g/mol. The number of nitrogens with two attached hydrogens (primary N) is 1. The number of carbonyl (C=O) groups is 1. The van der Waals surface area contributed by atoms with Crippen molar-refractivity contribution < 1.29 is 4.79 Å². The summed E-state index contributed by atoms with van der Waals surface area (Å²) in [4.78, 5) is 11.0. The summed E-state index contributed by atoms with van der Waals surface area (Å²) >= 11 is 2.20. The Morgan fingerprint density at radius 1 is 1.80 bits per heavy atom. The molecular weight excluding hydrogens is 307 g/mol. The number of nitrogens with one attached hydrogen (secondary N) is 1. The molecule has 1 amide bonds. The Morgan fingerprint density at radius 3 is 3.00 bits per heavy atom. The number of rotatable bonds is 6. The Hall–Kier alpha value is -0.630. The van der Waals surface area contributed by atoms with E-state index in [4.69, 9.17) is 5.73 Å². The van der Waals surface area contributed by atoms with Gasteiger partial charge in [0.15, 0.2) is 0 Å². The van der Waals surface area contributed by atoms with E-state index in [1.807, 2.05) is 17.8 Å². The van der Waals surface area contributed by atoms with Gasteiger partial charge in [0, 0.05) is 12.7 Å². The molecule has 0 aliphatic carbocycles. The molecule has 0 bridgehead atoms. The number of aryl methyl sites for hydroxylation is 1. The number of primary amides is 1. The molecule has 1 aromatic rings. The number of amides is 1. The molecule has 3 N–H and O–H groups in total. The first kappa shape index (κ1) is 12.4. The zero-order valence-corrected chi connectivity index (χ0v) is 10.8. The van der Waals surface area contributed by atoms with Crippen molar-refractivity contribution in [1.82, 2.24) is 15.1 Å². The fourth-order valence-electron chi connectivity index (χ4n) is 1.31. The highest BCUT2D eigenvalue weighted by molar-refractivity contribution is 14.1. The molecule has 5 nitrogen and oxygen atoms in total. The minimum atomic E-state index is -0.307. The monoisotopic (exact) mass is 322 g/mol. The molecule has 0 fully saturated rings. The SMILES string of the molecule is CCNC(CCn1cc(I)cn1)C(N)=O. The van der Waals surface area contributed by atoms with Crippen molar-refractivity contribution in [1.29, 1.82) is 0 Å². The van der Waals surface area contributed by atoms with E-state index in [1.54, 1.807) is 6.20 Å². The number of hydrogen-bond donors (Lipinski definition) is 2. The number of carbonyl (C=O) groups excluding carboxylic acids is 1. The molecule has 0 spiro atoms. The quantitative estimate of drug-likeness (QED) is 0.742. The van der Waals surface area contributed by atoms with Crippen molar-refractivity contribution in [3.05, 3.63) is 16.0 Å². The summed E-state index contributed by atoms with van der Waals surface area (Å²) in [6, 6.07) is -0.267. The van der Waals surface area contributed by atoms with Crippen molar-refractivity contribution in [2.24, 2.45) is 5.73 Å². The molecule has 1 unspecified atom stereocenters. The minimum absolute atomic E-state index is 0.267. The highest BCUT2D eigenvalue weighted by Gasteiger charge is 2.13. The Balaban J connectivity index is 2.43. The van der Waals surface area contributed by atoms with Gasteiger partial charge in [-0.05, 0) is 35.6 Å². The van der Waals surface area contributed by atoms with Gasteiger partial charge in [-0.3, -0.25) is 9.48 Å². The van der Waals surface area contributed by atoms with Gasteiger partial charge in [0.2, 0.25) is 5.91 Å². The third-order valence-corrected chi connectivity index (χ3v) is 2.60. The van der Waals surface area contributed by atoms with Gasteiger partial charge in [-0.1, -0.05) is 6.92 Å². The molecule has 84 valence electrons. The van der Waals surface area contributed by atoms with Crippen LogP contribution >= 0.6 is 22.6 Å². The van der Waals surface area contributed by atoms with E-state index in [9.17, 15) is 4.79 Å². The maximum absolute atomic E-state index is 11.0. The Morgan fingerprint density at radius 2 is 2.53 bits per heavy atom. The van der Waals surface area contributed by atoms with E-state index in [-0.39, 0.29) is 11.9 Å². The van der Waals surface area contributed by atoms with Gasteiger partial charge in [-0.2, -0.15) is 5.10 Å². The molecule has 0 aliphatic rings. The molecular formula is C9H15IN4O. The standard InChI is InChI=1S/C9H15IN4O/c1-2-12-8(9(11)15)3-4-14-6-7(10)5-13-14/h5-6,8,12H,2-4H2,1H3,(H2,11,15). The molecule has 15 heavy (non-hydrogen) atoms. The van der Waals surface area contributed by atoms with Crippen molar-refractivity contribution in [3.8, 4) is 0 Å². The van der Waals surface area contributed by atoms with E-state index in [2.05, 4.69) is 33.0 Å². The molecule has 0 saturated heterocycles. The molecule has 1 rings (SSSR count). The Labute approximate surface area is 103 Å². The van der Waals surface area contributed by atoms with Crippen LogP contribution in [0, 0.1) is 3.57 Å². The molecule has 6 heteroatoms. The summed E-state index contributed by atoms with van der Waals surface area (Å²) in [6.45, 7) is 3.39. The van der Waals surface area contributed by atoms with Crippen molar-refractivity contribution >= 4 is 28.5 Å². The lowest BCUT2D eigenvalue weighted by molar-refractivity contribution is -0.120. The minimum Gasteiger partial charge on any atom is -0.368 e. The van der Waals surface area contributed by atoms with Gasteiger partial charge in [0.05, 0.1) is 15.8 Å². The molecule has 0 aromatic carbocycles. The van der Waals surface area contributed by atoms with Crippen molar-refractivity contribution in [2.45, 2.75) is 25.9 Å². The zero-order valence-electron chi connectivity index (χ0n) is 8.61. The van der Waals surface area contributed by atoms with E-state index in [1.165, 1.54) is 0 Å². The zero-order chi connectivity index (χ0) is 11.3. The number of nitrogens with zero attached hydrogens (tertiary/aromatic N) is 2. The van der Waals surface area contributed by atoms with Crippen LogP contribution in [-0.2, 0) is 11.3 Å². The highest BCUT2D eigenvalue weighted by Crippen LogP contribution is 2.03. The Kier molecular flexibility index (Phi) is 5.03. The lowest BCUT2D eigenvalue weighted by Crippen LogP contribution is -2.41. The van der Waals surface area contributed by atoms with E-state index >= 15 is 0 Å². The Bertz CT molecular complexity index is 326. The maximum atomic E-state index is 11.0. The van der Waals surface area contributed by atoms with Gasteiger partial charge in [-0.25, -0.2) is 0 Å². The van der Waals surface area contributed by atoms with Crippen LogP contribution in [0.2, 0.25) is 0 Å². The second-order valence-corrected chi connectivity index (χ2v) is 4.47.